The molecule has 0 spiro atoms. The summed E-state index contributed by atoms with van der Waals surface area (Å²) in [7, 11) is -2.87. The van der Waals surface area contributed by atoms with Crippen LogP contribution in [0.4, 0.5) is 34.1 Å². The van der Waals surface area contributed by atoms with Gasteiger partial charge in [0.25, 0.3) is 0 Å². The molecular formula is C96H78Li2N4OSi2. The molecule has 0 aliphatic rings. The van der Waals surface area contributed by atoms with Crippen LogP contribution in [0.15, 0.2) is 346 Å². The third-order valence-corrected chi connectivity index (χ3v) is 24.5. The van der Waals surface area contributed by atoms with Gasteiger partial charge in [0.15, 0.2) is 0 Å². The van der Waals surface area contributed by atoms with Gasteiger partial charge in [-0.2, -0.15) is 0 Å². The third kappa shape index (κ3) is 13.4. The molecule has 0 saturated carbocycles. The molecule has 105 heavy (non-hydrogen) atoms. The van der Waals surface area contributed by atoms with Gasteiger partial charge >= 0.3 is 37.7 Å². The summed E-state index contributed by atoms with van der Waals surface area (Å²) in [6.45, 7) is 14.5. The van der Waals surface area contributed by atoms with Gasteiger partial charge in [0.2, 0.25) is 0 Å². The quantitative estimate of drug-likeness (QED) is 0.0778. The van der Waals surface area contributed by atoms with Crippen LogP contribution in [0.2, 0.25) is 39.3 Å². The molecule has 0 aliphatic heterocycles. The Morgan fingerprint density at radius 1 is 0.286 bits per heavy atom. The van der Waals surface area contributed by atoms with Crippen LogP contribution in [-0.4, -0.2) is 25.5 Å². The molecule has 0 amide bonds. The molecule has 0 saturated heterocycles. The zero-order valence-corrected chi connectivity index (χ0v) is 63.1. The van der Waals surface area contributed by atoms with Crippen molar-refractivity contribution in [3.63, 3.8) is 0 Å². The molecule has 0 aliphatic carbocycles. The van der Waals surface area contributed by atoms with Crippen molar-refractivity contribution in [1.29, 1.82) is 0 Å². The maximum atomic E-state index is 11.1. The van der Waals surface area contributed by atoms with Crippen molar-refractivity contribution in [3.05, 3.63) is 353 Å². The zero-order valence-electron chi connectivity index (χ0n) is 61.1. The molecule has 16 aromatic carbocycles. The van der Waals surface area contributed by atoms with Crippen molar-refractivity contribution in [2.75, 3.05) is 9.80 Å². The molecule has 498 valence electrons. The van der Waals surface area contributed by atoms with Gasteiger partial charge in [0.05, 0.1) is 49.6 Å². The average Bonchev–Trinajstić information content (AvgIpc) is 1.70. The topological polar surface area (TPSA) is 46.8 Å². The number of rotatable bonds is 10. The third-order valence-electron chi connectivity index (χ3n) is 20.4. The van der Waals surface area contributed by atoms with Gasteiger partial charge in [-0.15, -0.1) is 0 Å². The molecule has 0 atom stereocenters. The molecule has 19 aromatic rings. The Hall–Kier alpha value is -10.9. The van der Waals surface area contributed by atoms with E-state index in [9.17, 15) is 5.11 Å². The first-order chi connectivity index (χ1) is 49.8. The van der Waals surface area contributed by atoms with Gasteiger partial charge in [-0.25, -0.2) is 0 Å². The molecule has 3 heterocycles. The number of pyridine rings is 2. The summed E-state index contributed by atoms with van der Waals surface area (Å²) in [5.41, 5.74) is 16.3. The number of anilines is 6. The number of aromatic nitrogens is 2. The number of benzene rings is 16. The monoisotopic (exact) mass is 1370 g/mol. The number of para-hydroxylation sites is 4. The summed E-state index contributed by atoms with van der Waals surface area (Å²) >= 11 is 0. The van der Waals surface area contributed by atoms with Gasteiger partial charge in [0.1, 0.15) is 0 Å². The standard InChI is InChI=1S/C46H44N2Si2.C40H25N.C9H7NO.CH3.2Li/c1-49(2,3)39-25-21-37(22-26-39)47(35-13-9-7-10-14-35)43-31-19-33-18-30-42-44(32-20-34-17-29-41(43)45(33)46(34)42)48(36-15-11-8-12-16-36)38-23-27-40(28-24-38)50(4,5)6;1-2-8-26(9-3-1)28-14-15-30-23-31(17-16-29(30)22-28)32-19-20-35-36-21-18-27-10-4-6-12-34(27)40(36)39-25-33-11-5-7-13-37(33)41(39)38(35)24-32;11-8-5-1-3-7-4-2-6-10-9(7)8;;;/h7-32H,1-6H3;1-25H;1-6,11H;1H3;;/q;;;-1;2*+1/p-1. The van der Waals surface area contributed by atoms with Crippen LogP contribution in [0, 0.1) is 7.43 Å². The van der Waals surface area contributed by atoms with E-state index in [1.165, 1.54) is 153 Å². The molecule has 0 radical (unpaired) electrons. The molecule has 5 nitrogen and oxygen atoms in total. The summed E-state index contributed by atoms with van der Waals surface area (Å²) in [4.78, 5) is 8.82. The fourth-order valence-electron chi connectivity index (χ4n) is 15.2. The van der Waals surface area contributed by atoms with Gasteiger partial charge < -0.3 is 26.7 Å². The molecule has 0 unspecified atom stereocenters. The Balaban J connectivity index is 0.000000152. The number of hydrogen-bond acceptors (Lipinski definition) is 4. The average molecular weight is 1370 g/mol. The minimum absolute atomic E-state index is 0. The summed E-state index contributed by atoms with van der Waals surface area (Å²) in [5.74, 6) is -0.0110. The second-order valence-electron chi connectivity index (χ2n) is 28.9. The van der Waals surface area contributed by atoms with Gasteiger partial charge in [-0.3, -0.25) is 4.98 Å². The molecule has 0 fully saturated rings. The summed E-state index contributed by atoms with van der Waals surface area (Å²) < 4.78 is 2.47. The van der Waals surface area contributed by atoms with Crippen LogP contribution in [-0.2, 0) is 0 Å². The van der Waals surface area contributed by atoms with Crippen molar-refractivity contribution >= 4 is 164 Å². The van der Waals surface area contributed by atoms with Crippen molar-refractivity contribution in [2.45, 2.75) is 39.3 Å². The van der Waals surface area contributed by atoms with Crippen LogP contribution in [0.25, 0.3) is 125 Å². The predicted molar refractivity (Wildman–Crippen MR) is 449 cm³/mol. The normalized spacial score (nSPS) is 11.5. The Bertz CT molecular complexity index is 6180. The fraction of sp³-hybridized carbons (Fsp3) is 0.0625. The van der Waals surface area contributed by atoms with E-state index in [0.717, 1.165) is 16.8 Å². The number of hydrogen-bond donors (Lipinski definition) is 0. The Morgan fingerprint density at radius 3 is 1.28 bits per heavy atom. The molecule has 19 rings (SSSR count). The van der Waals surface area contributed by atoms with Crippen LogP contribution < -0.4 is 63.0 Å². The van der Waals surface area contributed by atoms with E-state index < -0.39 is 16.1 Å². The molecule has 0 bridgehead atoms. The van der Waals surface area contributed by atoms with E-state index in [0.29, 0.717) is 5.52 Å². The molecule has 9 heteroatoms. The summed E-state index contributed by atoms with van der Waals surface area (Å²) in [6, 6.07) is 123. The van der Waals surface area contributed by atoms with Crippen LogP contribution in [0.3, 0.4) is 0 Å². The van der Waals surface area contributed by atoms with E-state index >= 15 is 0 Å². The van der Waals surface area contributed by atoms with E-state index in [1.54, 1.807) is 12.3 Å². The molecule has 3 aromatic heterocycles. The number of nitrogens with zero attached hydrogens (tertiary/aromatic N) is 4. The van der Waals surface area contributed by atoms with Crippen molar-refractivity contribution in [1.82, 2.24) is 9.38 Å². The molecule has 0 N–H and O–H groups in total. The van der Waals surface area contributed by atoms with E-state index in [1.807, 2.05) is 18.2 Å². The van der Waals surface area contributed by atoms with E-state index in [4.69, 9.17) is 0 Å². The van der Waals surface area contributed by atoms with E-state index in [2.05, 4.69) is 368 Å². The van der Waals surface area contributed by atoms with Crippen molar-refractivity contribution < 1.29 is 42.8 Å². The minimum atomic E-state index is -1.43. The molecular weight excluding hydrogens is 1300 g/mol. The Labute approximate surface area is 641 Å². The first-order valence-electron chi connectivity index (χ1n) is 35.3. The van der Waals surface area contributed by atoms with Crippen LogP contribution in [0.1, 0.15) is 0 Å². The second-order valence-corrected chi connectivity index (χ2v) is 39.0. The zero-order chi connectivity index (χ0) is 69.2. The van der Waals surface area contributed by atoms with Crippen molar-refractivity contribution in [2.24, 2.45) is 0 Å². The number of fused-ring (bicyclic) bond motifs is 12. The maximum Gasteiger partial charge on any atom is 1.00 e. The van der Waals surface area contributed by atoms with Crippen LogP contribution in [0.5, 0.6) is 5.75 Å². The SMILES string of the molecule is C[Si](C)(C)c1ccc(N(c2ccccc2)c2ccc3ccc4c(N(c5ccccc5)c5ccc([Si](C)(C)C)cc5)ccc5ccc2c3c54)cc1.[CH3-].[Li+].[Li+].[O-]c1cccc2cccnc12.c1ccc(-c2ccc3cc(-c4ccc5c6ccc7ccccc7c6c6cc7ccccc7n6c5c4)ccc3c2)cc1. The first kappa shape index (κ1) is 71.1. The fourth-order valence-corrected chi connectivity index (χ4v) is 17.5. The largest absolute Gasteiger partial charge is 1.00 e. The maximum absolute atomic E-state index is 11.1. The van der Waals surface area contributed by atoms with E-state index in [-0.39, 0.29) is 50.9 Å². The van der Waals surface area contributed by atoms with Crippen molar-refractivity contribution in [3.8, 4) is 28.0 Å². The van der Waals surface area contributed by atoms with Gasteiger partial charge in [-0.1, -0.05) is 298 Å². The Kier molecular flexibility index (Phi) is 19.8. The smallest absolute Gasteiger partial charge is 0.871 e. The first-order valence-corrected chi connectivity index (χ1v) is 42.3. The van der Waals surface area contributed by atoms with Gasteiger partial charge in [0, 0.05) is 55.9 Å². The van der Waals surface area contributed by atoms with Gasteiger partial charge in [-0.05, 0) is 173 Å². The Morgan fingerprint density at radius 2 is 0.714 bits per heavy atom. The van der Waals surface area contributed by atoms with Crippen LogP contribution >= 0.6 is 0 Å². The second kappa shape index (κ2) is 29.3. The minimum Gasteiger partial charge on any atom is -0.871 e. The summed E-state index contributed by atoms with van der Waals surface area (Å²) in [6.07, 6.45) is 1.63. The summed E-state index contributed by atoms with van der Waals surface area (Å²) in [5, 5.41) is 32.8. The predicted octanol–water partition coefficient (Wildman–Crippen LogP) is 19.4.